The molecule has 19 heavy (non-hydrogen) atoms. The minimum atomic E-state index is -0.278. The zero-order valence-electron chi connectivity index (χ0n) is 11.7. The Morgan fingerprint density at radius 2 is 1.89 bits per heavy atom. The smallest absolute Gasteiger partial charge is 0.253 e. The number of rotatable bonds is 1. The predicted molar refractivity (Wildman–Crippen MR) is 70.9 cm³/mol. The lowest BCUT2D eigenvalue weighted by molar-refractivity contribution is -0.165. The molecule has 1 amide bonds. The van der Waals surface area contributed by atoms with Crippen molar-refractivity contribution in [3.63, 3.8) is 0 Å². The summed E-state index contributed by atoms with van der Waals surface area (Å²) in [6.07, 6.45) is 4.59. The number of amides is 1. The Morgan fingerprint density at radius 1 is 1.11 bits per heavy atom. The Hall–Kier alpha value is -0.650. The van der Waals surface area contributed by atoms with E-state index in [4.69, 9.17) is 9.47 Å². The van der Waals surface area contributed by atoms with E-state index in [2.05, 4.69) is 4.90 Å². The van der Waals surface area contributed by atoms with E-state index in [0.717, 1.165) is 25.9 Å². The number of nitrogens with zero attached hydrogens (tertiary/aromatic N) is 2. The second-order valence-electron chi connectivity index (χ2n) is 5.91. The predicted octanol–water partition coefficient (Wildman–Crippen LogP) is 0.487. The van der Waals surface area contributed by atoms with Gasteiger partial charge in [-0.05, 0) is 19.9 Å². The van der Waals surface area contributed by atoms with Gasteiger partial charge in [-0.25, -0.2) is 0 Å². The average Bonchev–Trinajstić information content (AvgIpc) is 2.46. The van der Waals surface area contributed by atoms with Gasteiger partial charge in [-0.3, -0.25) is 4.79 Å². The maximum absolute atomic E-state index is 12.7. The molecule has 5 nitrogen and oxygen atoms in total. The minimum Gasteiger partial charge on any atom is -0.374 e. The summed E-state index contributed by atoms with van der Waals surface area (Å²) in [6, 6.07) is 0.283. The van der Waals surface area contributed by atoms with E-state index in [1.54, 1.807) is 0 Å². The van der Waals surface area contributed by atoms with Crippen LogP contribution in [0.2, 0.25) is 0 Å². The van der Waals surface area contributed by atoms with Crippen molar-refractivity contribution in [3.8, 4) is 0 Å². The summed E-state index contributed by atoms with van der Waals surface area (Å²) < 4.78 is 11.5. The number of morpholine rings is 2. The molecule has 2 heterocycles. The van der Waals surface area contributed by atoms with Crippen molar-refractivity contribution in [2.24, 2.45) is 0 Å². The standard InChI is InChI=1S/C14H24N2O3/c1-15-6-8-19-13(10-15)14(17)16-7-9-18-12-5-3-2-4-11(12)16/h11-13H,2-10H2,1H3/t11-,12+,13-/m0/s1. The molecule has 108 valence electrons. The molecule has 0 spiro atoms. The lowest BCUT2D eigenvalue weighted by atomic mass is 9.90. The molecule has 1 saturated carbocycles. The lowest BCUT2D eigenvalue weighted by Gasteiger charge is -2.45. The van der Waals surface area contributed by atoms with Gasteiger partial charge in [0.1, 0.15) is 6.10 Å². The van der Waals surface area contributed by atoms with Gasteiger partial charge >= 0.3 is 0 Å². The van der Waals surface area contributed by atoms with Crippen LogP contribution >= 0.6 is 0 Å². The van der Waals surface area contributed by atoms with Crippen LogP contribution in [-0.2, 0) is 14.3 Å². The van der Waals surface area contributed by atoms with Crippen LogP contribution in [0.3, 0.4) is 0 Å². The molecule has 3 fully saturated rings. The van der Waals surface area contributed by atoms with Gasteiger partial charge in [0, 0.05) is 19.6 Å². The van der Waals surface area contributed by atoms with Crippen molar-refractivity contribution < 1.29 is 14.3 Å². The molecule has 2 saturated heterocycles. The van der Waals surface area contributed by atoms with Gasteiger partial charge in [0.25, 0.3) is 5.91 Å². The zero-order valence-corrected chi connectivity index (χ0v) is 11.7. The number of hydrogen-bond acceptors (Lipinski definition) is 4. The van der Waals surface area contributed by atoms with Gasteiger partial charge in [0.2, 0.25) is 0 Å². The molecule has 5 heteroatoms. The van der Waals surface area contributed by atoms with Gasteiger partial charge in [-0.15, -0.1) is 0 Å². The molecule has 0 aromatic rings. The maximum atomic E-state index is 12.7. The van der Waals surface area contributed by atoms with E-state index in [1.165, 1.54) is 12.8 Å². The van der Waals surface area contributed by atoms with Crippen LogP contribution in [0.5, 0.6) is 0 Å². The number of likely N-dealkylation sites (N-methyl/N-ethyl adjacent to an activating group) is 1. The molecule has 3 rings (SSSR count). The molecule has 3 aliphatic rings. The molecule has 2 aliphatic heterocycles. The monoisotopic (exact) mass is 268 g/mol. The first-order valence-corrected chi connectivity index (χ1v) is 7.48. The maximum Gasteiger partial charge on any atom is 0.253 e. The van der Waals surface area contributed by atoms with Crippen molar-refractivity contribution in [3.05, 3.63) is 0 Å². The van der Waals surface area contributed by atoms with Gasteiger partial charge in [0.05, 0.1) is 25.4 Å². The van der Waals surface area contributed by atoms with Crippen molar-refractivity contribution >= 4 is 5.91 Å². The number of carbonyl (C=O) groups is 1. The highest BCUT2D eigenvalue weighted by Gasteiger charge is 2.39. The van der Waals surface area contributed by atoms with Crippen molar-refractivity contribution in [2.75, 3.05) is 39.9 Å². The Bertz CT molecular complexity index is 335. The first kappa shape index (κ1) is 13.3. The third-order valence-electron chi connectivity index (χ3n) is 4.56. The van der Waals surface area contributed by atoms with Crippen molar-refractivity contribution in [1.29, 1.82) is 0 Å². The van der Waals surface area contributed by atoms with Crippen LogP contribution in [0.15, 0.2) is 0 Å². The molecular weight excluding hydrogens is 244 g/mol. The summed E-state index contributed by atoms with van der Waals surface area (Å²) in [5, 5.41) is 0. The topological polar surface area (TPSA) is 42.0 Å². The molecule has 3 atom stereocenters. The fourth-order valence-electron chi connectivity index (χ4n) is 3.48. The van der Waals surface area contributed by atoms with Crippen LogP contribution in [0.4, 0.5) is 0 Å². The Labute approximate surface area is 114 Å². The van der Waals surface area contributed by atoms with Crippen molar-refractivity contribution in [2.45, 2.75) is 43.9 Å². The van der Waals surface area contributed by atoms with E-state index >= 15 is 0 Å². The summed E-state index contributed by atoms with van der Waals surface area (Å²) in [4.78, 5) is 16.9. The number of carbonyl (C=O) groups excluding carboxylic acids is 1. The van der Waals surface area contributed by atoms with Crippen LogP contribution in [0.25, 0.3) is 0 Å². The SMILES string of the molecule is CN1CCO[C@H](C(=O)N2CCO[C@@H]3CCCC[C@@H]32)C1. The average molecular weight is 268 g/mol. The molecule has 0 radical (unpaired) electrons. The largest absolute Gasteiger partial charge is 0.374 e. The van der Waals surface area contributed by atoms with E-state index in [1.807, 2.05) is 11.9 Å². The van der Waals surface area contributed by atoms with Crippen LogP contribution < -0.4 is 0 Å². The van der Waals surface area contributed by atoms with Gasteiger partial charge in [-0.2, -0.15) is 0 Å². The summed E-state index contributed by atoms with van der Waals surface area (Å²) in [7, 11) is 2.05. The number of fused-ring (bicyclic) bond motifs is 1. The van der Waals surface area contributed by atoms with Gasteiger partial charge in [-0.1, -0.05) is 12.8 Å². The molecule has 0 aromatic carbocycles. The van der Waals surface area contributed by atoms with Crippen LogP contribution in [-0.4, -0.2) is 73.9 Å². The van der Waals surface area contributed by atoms with Crippen LogP contribution in [0, 0.1) is 0 Å². The highest BCUT2D eigenvalue weighted by atomic mass is 16.5. The second-order valence-corrected chi connectivity index (χ2v) is 5.91. The van der Waals surface area contributed by atoms with Crippen LogP contribution in [0.1, 0.15) is 25.7 Å². The highest BCUT2D eigenvalue weighted by molar-refractivity contribution is 5.81. The van der Waals surface area contributed by atoms with Gasteiger partial charge in [0.15, 0.2) is 0 Å². The summed E-state index contributed by atoms with van der Waals surface area (Å²) in [6.45, 7) is 3.69. The molecular formula is C14H24N2O3. The quantitative estimate of drug-likeness (QED) is 0.694. The fourth-order valence-corrected chi connectivity index (χ4v) is 3.48. The molecule has 0 bridgehead atoms. The lowest BCUT2D eigenvalue weighted by Crippen LogP contribution is -2.59. The second kappa shape index (κ2) is 5.77. The van der Waals surface area contributed by atoms with E-state index in [9.17, 15) is 4.79 Å². The number of ether oxygens (including phenoxy) is 2. The minimum absolute atomic E-state index is 0.173. The first-order chi connectivity index (χ1) is 9.25. The fraction of sp³-hybridized carbons (Fsp3) is 0.929. The molecule has 0 unspecified atom stereocenters. The zero-order chi connectivity index (χ0) is 13.2. The molecule has 0 N–H and O–H groups in total. The Kier molecular flexibility index (Phi) is 4.05. The normalized spacial score (nSPS) is 36.9. The molecule has 1 aliphatic carbocycles. The van der Waals surface area contributed by atoms with E-state index in [0.29, 0.717) is 19.8 Å². The summed E-state index contributed by atoms with van der Waals surface area (Å²) in [5.41, 5.74) is 0. The van der Waals surface area contributed by atoms with Crippen molar-refractivity contribution in [1.82, 2.24) is 9.80 Å². The third kappa shape index (κ3) is 2.78. The van der Waals surface area contributed by atoms with E-state index in [-0.39, 0.29) is 24.2 Å². The Morgan fingerprint density at radius 3 is 2.74 bits per heavy atom. The summed E-state index contributed by atoms with van der Waals surface area (Å²) in [5.74, 6) is 0.173. The van der Waals surface area contributed by atoms with E-state index < -0.39 is 0 Å². The molecule has 0 aromatic heterocycles. The third-order valence-corrected chi connectivity index (χ3v) is 4.56. The summed E-state index contributed by atoms with van der Waals surface area (Å²) >= 11 is 0. The first-order valence-electron chi connectivity index (χ1n) is 7.48. The number of hydrogen-bond donors (Lipinski definition) is 0. The Balaban J connectivity index is 1.67. The highest BCUT2D eigenvalue weighted by Crippen LogP contribution is 2.29. The van der Waals surface area contributed by atoms with Gasteiger partial charge < -0.3 is 19.3 Å².